The minimum Gasteiger partial charge on any atom is -0.377 e. The first-order valence-corrected chi connectivity index (χ1v) is 20.6. The molecule has 0 fully saturated rings. The lowest BCUT2D eigenvalue weighted by atomic mass is 10.1. The number of ether oxygens (including phenoxy) is 4. The molecule has 0 heterocycles. The molecule has 0 bridgehead atoms. The van der Waals surface area contributed by atoms with E-state index in [1.807, 2.05) is 0 Å². The van der Waals surface area contributed by atoms with Gasteiger partial charge in [0, 0.05) is 46.4 Å². The molecule has 3 atom stereocenters. The zero-order valence-electron chi connectivity index (χ0n) is 39.1. The summed E-state index contributed by atoms with van der Waals surface area (Å²) < 4.78 is 41.4. The Hall–Kier alpha value is -3.95. The van der Waals surface area contributed by atoms with E-state index in [2.05, 4.69) is 44.1 Å². The predicted octanol–water partition coefficient (Wildman–Crippen LogP) is -1.02. The lowest BCUT2D eigenvalue weighted by molar-refractivity contribution is -0.129. The molecule has 0 aromatic carbocycles. The Labute approximate surface area is 351 Å². The van der Waals surface area contributed by atoms with Gasteiger partial charge in [0.2, 0.25) is 41.4 Å². The molecule has 0 aromatic rings. The molecule has 11 N–H and O–H groups in total. The standard InChI is InChI=1S/C38H73N9O11.3H2/c1-4-5-6-14-31(38(54)46-18-10-8-13-30(42-3)37(40)53)47-33(49)16-11-15-32(48)44-19-21-55-23-26-58-28-35(51)45-20-22-56-24-25-57-27-34(50)43-17-9-7-12-29(41-2)36(39)52;;;/h29-31,41-42H,4-28H2,1-3H3,(H2,39,52)(H2,40,53)(H,43,50)(H,44,48)(H,45,51)(H,46,54)(H,47,49);3*1H/t29-,30-,31-;;;/m0.../s1/i;2*1+1D;1+1. The molecule has 0 radical (unpaired) electrons. The number of nitrogens with two attached hydrogens (primary N) is 2. The van der Waals surface area contributed by atoms with E-state index >= 15 is 0 Å². The smallest absolute Gasteiger partial charge is 0.246 e. The van der Waals surface area contributed by atoms with Gasteiger partial charge in [-0.3, -0.25) is 33.6 Å². The number of amides is 7. The molecule has 0 saturated heterocycles. The van der Waals surface area contributed by atoms with Crippen LogP contribution in [0.1, 0.15) is 97.8 Å². The van der Waals surface area contributed by atoms with Crippen molar-refractivity contribution in [1.82, 2.24) is 37.2 Å². The maximum atomic E-state index is 12.8. The van der Waals surface area contributed by atoms with Crippen molar-refractivity contribution in [1.29, 1.82) is 0 Å². The topological polar surface area (TPSA) is 293 Å². The molecule has 0 aliphatic heterocycles. The van der Waals surface area contributed by atoms with Crippen LogP contribution in [0.3, 0.4) is 0 Å². The van der Waals surface area contributed by atoms with Crippen LogP contribution in [0, 0.1) is 0 Å². The minimum absolute atomic E-state index is 0. The van der Waals surface area contributed by atoms with Gasteiger partial charge in [0.05, 0.1) is 51.7 Å². The second-order valence-electron chi connectivity index (χ2n) is 13.6. The summed E-state index contributed by atoms with van der Waals surface area (Å²) in [6.07, 6.45) is 7.85. The Balaban J connectivity index is -0.00000337. The Morgan fingerprint density at radius 2 is 0.931 bits per heavy atom. The van der Waals surface area contributed by atoms with Crippen molar-refractivity contribution in [3.63, 3.8) is 0 Å². The van der Waals surface area contributed by atoms with Crippen LogP contribution in [0.2, 0.25) is 0 Å². The molecular weight excluding hydrogens is 758 g/mol. The molecule has 20 nitrogen and oxygen atoms in total. The maximum absolute atomic E-state index is 12.8. The first-order chi connectivity index (χ1) is 29.9. The average Bonchev–Trinajstić information content (AvgIpc) is 3.25. The minimum atomic E-state index is -0.650. The largest absolute Gasteiger partial charge is 0.377 e. The van der Waals surface area contributed by atoms with Crippen molar-refractivity contribution in [3.05, 3.63) is 0 Å². The molecule has 342 valence electrons. The van der Waals surface area contributed by atoms with Crippen LogP contribution < -0.4 is 48.7 Å². The van der Waals surface area contributed by atoms with Gasteiger partial charge in [0.15, 0.2) is 0 Å². The van der Waals surface area contributed by atoms with Crippen LogP contribution in [0.4, 0.5) is 0 Å². The zero-order valence-corrected chi connectivity index (χ0v) is 35.1. The third kappa shape index (κ3) is 32.1. The number of rotatable bonds is 40. The highest BCUT2D eigenvalue weighted by Gasteiger charge is 2.20. The maximum Gasteiger partial charge on any atom is 0.246 e. The quantitative estimate of drug-likeness (QED) is 0.0335. The van der Waals surface area contributed by atoms with E-state index in [1.54, 1.807) is 14.1 Å². The van der Waals surface area contributed by atoms with Crippen molar-refractivity contribution < 1.29 is 59.9 Å². The summed E-state index contributed by atoms with van der Waals surface area (Å²) in [5.74, 6) is -2.11. The summed E-state index contributed by atoms with van der Waals surface area (Å²) >= 11 is 0. The van der Waals surface area contributed by atoms with Crippen molar-refractivity contribution in [2.75, 3.05) is 93.1 Å². The van der Waals surface area contributed by atoms with Crippen LogP contribution >= 0.6 is 0 Å². The summed E-state index contributed by atoms with van der Waals surface area (Å²) in [5.41, 5.74) is 10.6. The fourth-order valence-electron chi connectivity index (χ4n) is 5.40. The summed E-state index contributed by atoms with van der Waals surface area (Å²) in [7, 11) is 3.35. The summed E-state index contributed by atoms with van der Waals surface area (Å²) in [5, 5.41) is 19.5. The molecule has 7 amide bonds. The number of carbonyl (C=O) groups excluding carboxylic acids is 7. The Morgan fingerprint density at radius 3 is 1.43 bits per heavy atom. The molecule has 0 rings (SSSR count). The number of hydrogen-bond acceptors (Lipinski definition) is 13. The molecule has 20 heteroatoms. The summed E-state index contributed by atoms with van der Waals surface area (Å²) in [6, 6.07) is -1.42. The number of primary amides is 2. The van der Waals surface area contributed by atoms with E-state index in [9.17, 15) is 33.6 Å². The van der Waals surface area contributed by atoms with Gasteiger partial charge >= 0.3 is 0 Å². The Morgan fingerprint density at radius 1 is 0.500 bits per heavy atom. The van der Waals surface area contributed by atoms with Crippen LogP contribution in [0.25, 0.3) is 0 Å². The van der Waals surface area contributed by atoms with Crippen molar-refractivity contribution in [2.24, 2.45) is 11.5 Å². The third-order valence-corrected chi connectivity index (χ3v) is 8.75. The van der Waals surface area contributed by atoms with E-state index in [4.69, 9.17) is 36.4 Å². The highest BCUT2D eigenvalue weighted by Crippen LogP contribution is 2.06. The number of nitrogens with one attached hydrogen (secondary N) is 7. The number of unbranched alkanes of at least 4 members (excludes halogenated alkanes) is 4. The Bertz CT molecular complexity index is 1190. The predicted molar refractivity (Wildman–Crippen MR) is 223 cm³/mol. The van der Waals surface area contributed by atoms with Gasteiger partial charge < -0.3 is 67.6 Å². The normalized spacial score (nSPS) is 12.8. The van der Waals surface area contributed by atoms with Crippen LogP contribution in [0.5, 0.6) is 0 Å². The second kappa shape index (κ2) is 37.3. The van der Waals surface area contributed by atoms with Gasteiger partial charge in [-0.15, -0.1) is 0 Å². The molecule has 0 spiro atoms. The number of likely N-dealkylation sites (N-methyl/N-ethyl adjacent to an activating group) is 2. The van der Waals surface area contributed by atoms with Crippen molar-refractivity contribution in [2.45, 2.75) is 109 Å². The van der Waals surface area contributed by atoms with Crippen molar-refractivity contribution in [3.8, 4) is 0 Å². The van der Waals surface area contributed by atoms with Gasteiger partial charge in [-0.05, 0) is 65.5 Å². The summed E-state index contributed by atoms with van der Waals surface area (Å²) in [6.45, 7) is 4.71. The second-order valence-corrected chi connectivity index (χ2v) is 13.6. The first kappa shape index (κ1) is 50.2. The lowest BCUT2D eigenvalue weighted by Gasteiger charge is -2.19. The van der Waals surface area contributed by atoms with Gasteiger partial charge in [-0.2, -0.15) is 0 Å². The van der Waals surface area contributed by atoms with Gasteiger partial charge in [0.25, 0.3) is 0 Å². The van der Waals surface area contributed by atoms with Gasteiger partial charge in [0.1, 0.15) is 19.3 Å². The molecule has 0 aliphatic rings. The fraction of sp³-hybridized carbons (Fsp3) is 0.816. The summed E-state index contributed by atoms with van der Waals surface area (Å²) in [4.78, 5) is 83.8. The van der Waals surface area contributed by atoms with Gasteiger partial charge in [-0.25, -0.2) is 0 Å². The van der Waals surface area contributed by atoms with Crippen molar-refractivity contribution >= 4 is 41.4 Å². The fourth-order valence-corrected chi connectivity index (χ4v) is 5.40. The SMILES string of the molecule is CCCCC[C@H](NC(=O)CCCC(=O)NCCOCCOCC(=O)NCCOCCOCC(=O)NCCCC[C@H](NC)C(N)=O)C(=O)NCCCC[C@H](NC)C(N)=O.[2HH].[2H][2H].[2H][2H]. The van der Waals surface area contributed by atoms with E-state index < -0.39 is 23.9 Å². The molecule has 58 heavy (non-hydrogen) atoms. The lowest BCUT2D eigenvalue weighted by Crippen LogP contribution is -2.47. The van der Waals surface area contributed by atoms with E-state index in [1.165, 1.54) is 0 Å². The highest BCUT2D eigenvalue weighted by atomic mass is 16.5. The number of hydrogen-bond donors (Lipinski definition) is 9. The van der Waals surface area contributed by atoms with Gasteiger partial charge in [-0.1, -0.05) is 26.2 Å². The van der Waals surface area contributed by atoms with Crippen LogP contribution in [0.15, 0.2) is 0 Å². The number of carbonyl (C=O) groups is 7. The van der Waals surface area contributed by atoms with E-state index in [-0.39, 0.29) is 116 Å². The highest BCUT2D eigenvalue weighted by molar-refractivity contribution is 5.87. The molecule has 0 aliphatic carbocycles. The Kier molecular flexibility index (Phi) is 32.3. The van der Waals surface area contributed by atoms with Crippen LogP contribution in [-0.4, -0.2) is 153 Å². The van der Waals surface area contributed by atoms with Crippen LogP contribution in [-0.2, 0) is 52.5 Å². The zero-order chi connectivity index (χ0) is 47.2. The average molecular weight is 843 g/mol. The molecule has 0 unspecified atom stereocenters. The third-order valence-electron chi connectivity index (χ3n) is 8.75. The van der Waals surface area contributed by atoms with E-state index in [0.717, 1.165) is 32.1 Å². The van der Waals surface area contributed by atoms with E-state index in [0.29, 0.717) is 51.6 Å². The molecule has 0 aromatic heterocycles. The first-order valence-electron chi connectivity index (χ1n) is 22.6. The monoisotopic (exact) mass is 843 g/mol. The molecule has 0 saturated carbocycles. The molecular formula is C38H79N9O11.